The van der Waals surface area contributed by atoms with Crippen LogP contribution in [0.5, 0.6) is 0 Å². The molecule has 0 fully saturated rings. The number of hydrogen-bond donors (Lipinski definition) is 1. The molecule has 3 aromatic rings. The summed E-state index contributed by atoms with van der Waals surface area (Å²) in [5, 5.41) is 0. The number of nitrogens with two attached hydrogens (primary N) is 1. The summed E-state index contributed by atoms with van der Waals surface area (Å²) < 4.78 is 8.88. The van der Waals surface area contributed by atoms with Gasteiger partial charge < -0.3 is 19.9 Å². The maximum atomic E-state index is 13.1. The molecule has 32 heavy (non-hydrogen) atoms. The second-order valence-corrected chi connectivity index (χ2v) is 7.88. The highest BCUT2D eigenvalue weighted by atomic mass is 16.5. The standard InChI is InChI=1S/C21H24N6O5/c1-4-32-19(30)13-5-7-14(8-6-13)25-9-12(2)10-26-16-17(23-20(25)26)24(3)21(31)27(18(16)29)11-15(22)28/h5-8,12H,4,9-11H2,1-3H3,(H2,22,28). The van der Waals surface area contributed by atoms with Crippen molar-refractivity contribution in [3.63, 3.8) is 0 Å². The van der Waals surface area contributed by atoms with Crippen molar-refractivity contribution in [3.05, 3.63) is 50.7 Å². The maximum absolute atomic E-state index is 13.1. The topological polar surface area (TPSA) is 134 Å². The zero-order valence-corrected chi connectivity index (χ0v) is 18.1. The Bertz CT molecular complexity index is 1330. The molecule has 2 aromatic heterocycles. The molecule has 11 nitrogen and oxygen atoms in total. The Hall–Kier alpha value is -3.89. The van der Waals surface area contributed by atoms with Gasteiger partial charge in [0.1, 0.15) is 6.54 Å². The molecule has 11 heteroatoms. The number of nitrogens with zero attached hydrogens (tertiary/aromatic N) is 5. The monoisotopic (exact) mass is 440 g/mol. The number of carbonyl (C=O) groups excluding carboxylic acids is 2. The minimum absolute atomic E-state index is 0.158. The fourth-order valence-corrected chi connectivity index (χ4v) is 4.01. The van der Waals surface area contributed by atoms with E-state index in [1.54, 1.807) is 35.8 Å². The largest absolute Gasteiger partial charge is 0.462 e. The van der Waals surface area contributed by atoms with Crippen LogP contribution < -0.4 is 21.9 Å². The van der Waals surface area contributed by atoms with E-state index in [4.69, 9.17) is 10.5 Å². The lowest BCUT2D eigenvalue weighted by Crippen LogP contribution is -2.43. The number of carbonyl (C=O) groups is 2. The first-order chi connectivity index (χ1) is 15.2. The van der Waals surface area contributed by atoms with Gasteiger partial charge in [0, 0.05) is 25.8 Å². The van der Waals surface area contributed by atoms with E-state index in [1.165, 1.54) is 11.6 Å². The molecule has 0 spiro atoms. The zero-order chi connectivity index (χ0) is 23.2. The van der Waals surface area contributed by atoms with Gasteiger partial charge in [-0.15, -0.1) is 0 Å². The third-order valence-electron chi connectivity index (χ3n) is 5.45. The number of primary amides is 1. The lowest BCUT2D eigenvalue weighted by molar-refractivity contribution is -0.118. The predicted octanol–water partition coefficient (Wildman–Crippen LogP) is 0.347. The van der Waals surface area contributed by atoms with Gasteiger partial charge in [0.05, 0.1) is 12.2 Å². The lowest BCUT2D eigenvalue weighted by atomic mass is 10.1. The van der Waals surface area contributed by atoms with Crippen molar-refractivity contribution in [1.82, 2.24) is 18.7 Å². The van der Waals surface area contributed by atoms with Crippen LogP contribution in [0.25, 0.3) is 11.2 Å². The highest BCUT2D eigenvalue weighted by Crippen LogP contribution is 2.32. The van der Waals surface area contributed by atoms with Gasteiger partial charge in [0.15, 0.2) is 11.2 Å². The van der Waals surface area contributed by atoms with Crippen molar-refractivity contribution >= 4 is 34.7 Å². The fraction of sp³-hybridized carbons (Fsp3) is 0.381. The quantitative estimate of drug-likeness (QED) is 0.566. The maximum Gasteiger partial charge on any atom is 0.338 e. The molecule has 0 saturated carbocycles. The van der Waals surface area contributed by atoms with E-state index in [1.807, 2.05) is 11.8 Å². The number of imidazole rings is 1. The van der Waals surface area contributed by atoms with Crippen molar-refractivity contribution in [2.45, 2.75) is 26.9 Å². The summed E-state index contributed by atoms with van der Waals surface area (Å²) in [4.78, 5) is 55.7. The second kappa shape index (κ2) is 7.98. The highest BCUT2D eigenvalue weighted by Gasteiger charge is 2.30. The molecule has 1 aliphatic rings. The van der Waals surface area contributed by atoms with Crippen LogP contribution in [0, 0.1) is 5.92 Å². The van der Waals surface area contributed by atoms with Gasteiger partial charge in [-0.1, -0.05) is 6.92 Å². The summed E-state index contributed by atoms with van der Waals surface area (Å²) in [5.41, 5.74) is 5.66. The fourth-order valence-electron chi connectivity index (χ4n) is 4.01. The van der Waals surface area contributed by atoms with E-state index in [-0.39, 0.29) is 17.1 Å². The van der Waals surface area contributed by atoms with Gasteiger partial charge in [0.25, 0.3) is 5.56 Å². The number of hydrogen-bond acceptors (Lipinski definition) is 7. The Morgan fingerprint density at radius 2 is 1.88 bits per heavy atom. The van der Waals surface area contributed by atoms with Gasteiger partial charge in [-0.2, -0.15) is 4.98 Å². The summed E-state index contributed by atoms with van der Waals surface area (Å²) in [6, 6.07) is 6.93. The van der Waals surface area contributed by atoms with Crippen molar-refractivity contribution in [2.75, 3.05) is 18.1 Å². The Morgan fingerprint density at radius 1 is 1.19 bits per heavy atom. The van der Waals surface area contributed by atoms with Crippen molar-refractivity contribution in [2.24, 2.45) is 18.7 Å². The minimum atomic E-state index is -0.779. The van der Waals surface area contributed by atoms with Crippen molar-refractivity contribution in [1.29, 1.82) is 0 Å². The predicted molar refractivity (Wildman–Crippen MR) is 117 cm³/mol. The normalized spacial score (nSPS) is 15.6. The number of aryl methyl sites for hydroxylation is 1. The third-order valence-corrected chi connectivity index (χ3v) is 5.45. The summed E-state index contributed by atoms with van der Waals surface area (Å²) in [7, 11) is 1.50. The number of amides is 1. The number of rotatable bonds is 5. The van der Waals surface area contributed by atoms with E-state index < -0.39 is 29.7 Å². The molecule has 1 aromatic carbocycles. The smallest absolute Gasteiger partial charge is 0.338 e. The number of aromatic nitrogens is 4. The molecule has 0 radical (unpaired) electrons. The van der Waals surface area contributed by atoms with Crippen molar-refractivity contribution in [3.8, 4) is 0 Å². The molecule has 168 valence electrons. The minimum Gasteiger partial charge on any atom is -0.462 e. The van der Waals surface area contributed by atoms with E-state index in [9.17, 15) is 19.2 Å². The van der Waals surface area contributed by atoms with Gasteiger partial charge in [-0.3, -0.25) is 14.2 Å². The number of fused-ring (bicyclic) bond motifs is 3. The van der Waals surface area contributed by atoms with Crippen LogP contribution in [0.15, 0.2) is 33.9 Å². The second-order valence-electron chi connectivity index (χ2n) is 7.88. The van der Waals surface area contributed by atoms with E-state index in [0.29, 0.717) is 31.2 Å². The van der Waals surface area contributed by atoms with Gasteiger partial charge >= 0.3 is 11.7 Å². The summed E-state index contributed by atoms with van der Waals surface area (Å²) in [5.74, 6) is -0.515. The van der Waals surface area contributed by atoms with Crippen molar-refractivity contribution < 1.29 is 14.3 Å². The van der Waals surface area contributed by atoms with Crippen LogP contribution in [0.3, 0.4) is 0 Å². The van der Waals surface area contributed by atoms with Crippen LogP contribution in [0.1, 0.15) is 24.2 Å². The first-order valence-electron chi connectivity index (χ1n) is 10.3. The molecule has 4 rings (SSSR count). The van der Waals surface area contributed by atoms with Crippen LogP contribution in [-0.2, 0) is 29.7 Å². The number of esters is 1. The molecule has 0 bridgehead atoms. The van der Waals surface area contributed by atoms with Gasteiger partial charge in [-0.05, 0) is 37.1 Å². The van der Waals surface area contributed by atoms with E-state index in [0.717, 1.165) is 10.3 Å². The van der Waals surface area contributed by atoms with Crippen LogP contribution >= 0.6 is 0 Å². The number of anilines is 2. The van der Waals surface area contributed by atoms with E-state index in [2.05, 4.69) is 4.98 Å². The van der Waals surface area contributed by atoms with Crippen LogP contribution in [-0.4, -0.2) is 43.7 Å². The van der Waals surface area contributed by atoms with Crippen LogP contribution in [0.4, 0.5) is 11.6 Å². The summed E-state index contributed by atoms with van der Waals surface area (Å²) in [6.45, 7) is 4.73. The molecule has 3 heterocycles. The van der Waals surface area contributed by atoms with E-state index >= 15 is 0 Å². The third kappa shape index (κ3) is 3.45. The SMILES string of the molecule is CCOC(=O)c1ccc(N2CC(C)Cn3c2nc2c3c(=O)n(CC(N)=O)c(=O)n2C)cc1. The van der Waals surface area contributed by atoms with Crippen LogP contribution in [0.2, 0.25) is 0 Å². The molecular formula is C21H24N6O5. The first kappa shape index (κ1) is 21.3. The zero-order valence-electron chi connectivity index (χ0n) is 18.1. The lowest BCUT2D eigenvalue weighted by Gasteiger charge is -2.33. The molecular weight excluding hydrogens is 416 g/mol. The van der Waals surface area contributed by atoms with Gasteiger partial charge in [0.2, 0.25) is 11.9 Å². The van der Waals surface area contributed by atoms with Gasteiger partial charge in [-0.25, -0.2) is 14.2 Å². The Kier molecular flexibility index (Phi) is 5.33. The molecule has 1 amide bonds. The number of ether oxygens (including phenoxy) is 1. The molecule has 1 atom stereocenters. The summed E-state index contributed by atoms with van der Waals surface area (Å²) >= 11 is 0. The molecule has 1 unspecified atom stereocenters. The Balaban J connectivity index is 1.87. The molecule has 1 aliphatic heterocycles. The molecule has 0 saturated heterocycles. The molecule has 0 aliphatic carbocycles. The number of benzene rings is 1. The first-order valence-corrected chi connectivity index (χ1v) is 10.3. The summed E-state index contributed by atoms with van der Waals surface area (Å²) in [6.07, 6.45) is 0. The Morgan fingerprint density at radius 3 is 2.50 bits per heavy atom. The molecule has 2 N–H and O–H groups in total. The average molecular weight is 440 g/mol. The Labute approximate surface area is 182 Å². The average Bonchev–Trinajstić information content (AvgIpc) is 3.14. The highest BCUT2D eigenvalue weighted by molar-refractivity contribution is 5.90.